The zero-order valence-electron chi connectivity index (χ0n) is 15.1. The fraction of sp³-hybridized carbons (Fsp3) is 0.263. The number of benzene rings is 2. The van der Waals surface area contributed by atoms with Crippen molar-refractivity contribution < 1.29 is 13.2 Å². The number of aryl methyl sites for hydroxylation is 1. The minimum Gasteiger partial charge on any atom is -0.316 e. The van der Waals surface area contributed by atoms with Crippen LogP contribution in [0.5, 0.6) is 0 Å². The highest BCUT2D eigenvalue weighted by atomic mass is 32.2. The van der Waals surface area contributed by atoms with Crippen LogP contribution in [0.25, 0.3) is 10.2 Å². The minimum absolute atomic E-state index is 0.214. The predicted octanol–water partition coefficient (Wildman–Crippen LogP) is 3.14. The van der Waals surface area contributed by atoms with Gasteiger partial charge in [-0.05, 0) is 30.0 Å². The van der Waals surface area contributed by atoms with Crippen LogP contribution < -0.4 is 4.80 Å². The molecular formula is C19H20N2O3S3. The van der Waals surface area contributed by atoms with Crippen LogP contribution in [0, 0.1) is 0 Å². The molecular weight excluding hydrogens is 400 g/mol. The lowest BCUT2D eigenvalue weighted by molar-refractivity contribution is -0.117. The maximum atomic E-state index is 12.4. The van der Waals surface area contributed by atoms with Gasteiger partial charge in [0.2, 0.25) is 0 Å². The van der Waals surface area contributed by atoms with E-state index in [1.807, 2.05) is 41.2 Å². The molecule has 1 heterocycles. The van der Waals surface area contributed by atoms with E-state index in [2.05, 4.69) is 4.99 Å². The van der Waals surface area contributed by atoms with Crippen molar-refractivity contribution in [3.63, 3.8) is 0 Å². The number of sulfone groups is 1. The van der Waals surface area contributed by atoms with E-state index < -0.39 is 9.84 Å². The molecule has 3 rings (SSSR count). The van der Waals surface area contributed by atoms with Crippen molar-refractivity contribution in [1.29, 1.82) is 0 Å². The quantitative estimate of drug-likeness (QED) is 0.614. The first-order chi connectivity index (χ1) is 12.9. The number of amides is 1. The van der Waals surface area contributed by atoms with Crippen molar-refractivity contribution in [2.24, 2.45) is 4.99 Å². The van der Waals surface area contributed by atoms with Crippen molar-refractivity contribution in [1.82, 2.24) is 4.57 Å². The van der Waals surface area contributed by atoms with E-state index in [0.29, 0.717) is 11.3 Å². The van der Waals surface area contributed by atoms with Crippen LogP contribution in [0.4, 0.5) is 0 Å². The maximum Gasteiger partial charge on any atom is 0.252 e. The number of nitrogens with zero attached hydrogens (tertiary/aromatic N) is 2. The summed E-state index contributed by atoms with van der Waals surface area (Å²) in [5, 5.41) is 0. The molecule has 0 fully saturated rings. The van der Waals surface area contributed by atoms with E-state index in [1.165, 1.54) is 17.6 Å². The molecule has 1 amide bonds. The average Bonchev–Trinajstić information content (AvgIpc) is 2.96. The second kappa shape index (κ2) is 8.41. The third kappa shape index (κ3) is 4.88. The predicted molar refractivity (Wildman–Crippen MR) is 112 cm³/mol. The number of fused-ring (bicyclic) bond motifs is 1. The van der Waals surface area contributed by atoms with Gasteiger partial charge in [0, 0.05) is 18.6 Å². The van der Waals surface area contributed by atoms with E-state index in [1.54, 1.807) is 30.0 Å². The van der Waals surface area contributed by atoms with Gasteiger partial charge in [-0.15, -0.1) is 0 Å². The molecule has 5 nitrogen and oxygen atoms in total. The van der Waals surface area contributed by atoms with E-state index in [9.17, 15) is 13.2 Å². The summed E-state index contributed by atoms with van der Waals surface area (Å²) in [4.78, 5) is 17.6. The van der Waals surface area contributed by atoms with Crippen LogP contribution in [-0.4, -0.2) is 37.2 Å². The number of hydrogen-bond donors (Lipinski definition) is 0. The number of thiazole rings is 1. The van der Waals surface area contributed by atoms with Crippen LogP contribution in [0.1, 0.15) is 5.56 Å². The van der Waals surface area contributed by atoms with Crippen LogP contribution in [-0.2, 0) is 27.6 Å². The molecule has 0 aliphatic carbocycles. The average molecular weight is 421 g/mol. The lowest BCUT2D eigenvalue weighted by Crippen LogP contribution is -2.18. The SMILES string of the molecule is CSCCn1c(=NC(=O)Cc2ccccc2)sc2cc(S(C)(=O)=O)ccc21. The Labute approximate surface area is 166 Å². The zero-order chi connectivity index (χ0) is 19.4. The molecule has 0 N–H and O–H groups in total. The highest BCUT2D eigenvalue weighted by molar-refractivity contribution is 7.98. The molecule has 8 heteroatoms. The first kappa shape index (κ1) is 19.9. The summed E-state index contributed by atoms with van der Waals surface area (Å²) in [6, 6.07) is 14.6. The fourth-order valence-corrected chi connectivity index (χ4v) is 4.88. The van der Waals surface area contributed by atoms with Crippen molar-refractivity contribution >= 4 is 49.1 Å². The number of carbonyl (C=O) groups excluding carboxylic acids is 1. The van der Waals surface area contributed by atoms with Gasteiger partial charge in [0.05, 0.1) is 21.5 Å². The monoisotopic (exact) mass is 420 g/mol. The Morgan fingerprint density at radius 2 is 1.93 bits per heavy atom. The summed E-state index contributed by atoms with van der Waals surface area (Å²) >= 11 is 3.05. The lowest BCUT2D eigenvalue weighted by atomic mass is 10.1. The maximum absolute atomic E-state index is 12.4. The van der Waals surface area contributed by atoms with Crippen molar-refractivity contribution in [3.05, 3.63) is 58.9 Å². The van der Waals surface area contributed by atoms with Gasteiger partial charge in [0.15, 0.2) is 14.6 Å². The topological polar surface area (TPSA) is 68.5 Å². The molecule has 0 aliphatic heterocycles. The van der Waals surface area contributed by atoms with Gasteiger partial charge in [0.1, 0.15) is 0 Å². The Hall–Kier alpha value is -1.90. The van der Waals surface area contributed by atoms with E-state index in [4.69, 9.17) is 0 Å². The largest absolute Gasteiger partial charge is 0.316 e. The zero-order valence-corrected chi connectivity index (χ0v) is 17.5. The van der Waals surface area contributed by atoms with Gasteiger partial charge in [-0.2, -0.15) is 16.8 Å². The lowest BCUT2D eigenvalue weighted by Gasteiger charge is -2.04. The number of hydrogen-bond acceptors (Lipinski definition) is 5. The Balaban J connectivity index is 2.05. The number of carbonyl (C=O) groups is 1. The molecule has 27 heavy (non-hydrogen) atoms. The van der Waals surface area contributed by atoms with Gasteiger partial charge >= 0.3 is 0 Å². The van der Waals surface area contributed by atoms with Gasteiger partial charge in [-0.3, -0.25) is 4.79 Å². The molecule has 0 bridgehead atoms. The molecule has 2 aromatic carbocycles. The first-order valence-electron chi connectivity index (χ1n) is 8.32. The minimum atomic E-state index is -3.28. The molecule has 142 valence electrons. The van der Waals surface area contributed by atoms with Gasteiger partial charge < -0.3 is 4.57 Å². The Kier molecular flexibility index (Phi) is 6.18. The second-order valence-corrected chi connectivity index (χ2v) is 10.1. The van der Waals surface area contributed by atoms with E-state index in [0.717, 1.165) is 21.5 Å². The third-order valence-corrected chi connectivity index (χ3v) is 6.76. The standard InChI is InChI=1S/C19H20N2O3S3/c1-25-11-10-21-16-9-8-15(27(2,23)24)13-17(16)26-19(21)20-18(22)12-14-6-4-3-5-7-14/h3-9,13H,10-12H2,1-2H3. The summed E-state index contributed by atoms with van der Waals surface area (Å²) < 4.78 is 26.5. The number of rotatable bonds is 6. The molecule has 1 aromatic heterocycles. The normalized spacial score (nSPS) is 12.6. The highest BCUT2D eigenvalue weighted by Gasteiger charge is 2.13. The van der Waals surface area contributed by atoms with Crippen molar-refractivity contribution in [2.45, 2.75) is 17.9 Å². The van der Waals surface area contributed by atoms with E-state index >= 15 is 0 Å². The summed E-state index contributed by atoms with van der Waals surface area (Å²) in [6.07, 6.45) is 3.46. The Morgan fingerprint density at radius 3 is 2.59 bits per heavy atom. The van der Waals surface area contributed by atoms with Gasteiger partial charge in [-0.1, -0.05) is 41.7 Å². The summed E-state index contributed by atoms with van der Waals surface area (Å²) in [6.45, 7) is 0.705. The highest BCUT2D eigenvalue weighted by Crippen LogP contribution is 2.22. The molecule has 0 aliphatic rings. The van der Waals surface area contributed by atoms with Gasteiger partial charge in [-0.25, -0.2) is 8.42 Å². The first-order valence-corrected chi connectivity index (χ1v) is 12.4. The Morgan fingerprint density at radius 1 is 1.19 bits per heavy atom. The molecule has 0 unspecified atom stereocenters. The van der Waals surface area contributed by atoms with Crippen molar-refractivity contribution in [3.8, 4) is 0 Å². The fourth-order valence-electron chi connectivity index (χ4n) is 2.68. The molecule has 0 spiro atoms. The molecule has 0 saturated carbocycles. The summed E-state index contributed by atoms with van der Waals surface area (Å²) in [5.41, 5.74) is 1.81. The van der Waals surface area contributed by atoms with Crippen LogP contribution >= 0.6 is 23.1 Å². The number of thioether (sulfide) groups is 1. The molecule has 3 aromatic rings. The molecule has 0 saturated heterocycles. The smallest absolute Gasteiger partial charge is 0.252 e. The van der Waals surface area contributed by atoms with Crippen molar-refractivity contribution in [2.75, 3.05) is 18.3 Å². The summed E-state index contributed by atoms with van der Waals surface area (Å²) in [5.74, 6) is 0.661. The van der Waals surface area contributed by atoms with Gasteiger partial charge in [0.25, 0.3) is 5.91 Å². The Bertz CT molecular complexity index is 1130. The second-order valence-electron chi connectivity index (χ2n) is 6.10. The third-order valence-electron chi connectivity index (χ3n) is 4.02. The van der Waals surface area contributed by atoms with E-state index in [-0.39, 0.29) is 17.2 Å². The van der Waals surface area contributed by atoms with Crippen LogP contribution in [0.2, 0.25) is 0 Å². The van der Waals surface area contributed by atoms with Crippen LogP contribution in [0.3, 0.4) is 0 Å². The number of aromatic nitrogens is 1. The van der Waals surface area contributed by atoms with Crippen LogP contribution in [0.15, 0.2) is 58.4 Å². The molecule has 0 atom stereocenters. The summed E-state index contributed by atoms with van der Waals surface area (Å²) in [7, 11) is -3.28. The molecule has 0 radical (unpaired) electrons.